The van der Waals surface area contributed by atoms with Crippen molar-refractivity contribution in [2.24, 2.45) is 0 Å². The van der Waals surface area contributed by atoms with Gasteiger partial charge in [0.15, 0.2) is 0 Å². The van der Waals surface area contributed by atoms with Gasteiger partial charge in [-0.2, -0.15) is 0 Å². The minimum atomic E-state index is -0.0295. The number of aliphatic hydroxyl groups excluding tert-OH is 1. The second kappa shape index (κ2) is 8.02. The first-order valence-electron chi connectivity index (χ1n) is 5.91. The lowest BCUT2D eigenvalue weighted by Crippen LogP contribution is -2.38. The van der Waals surface area contributed by atoms with Crippen LogP contribution in [0.15, 0.2) is 24.1 Å². The van der Waals surface area contributed by atoms with E-state index in [-0.39, 0.29) is 19.1 Å². The van der Waals surface area contributed by atoms with Crippen molar-refractivity contribution in [2.75, 3.05) is 26.2 Å². The number of hydrogen-bond acceptors (Lipinski definition) is 4. The van der Waals surface area contributed by atoms with Crippen LogP contribution in [-0.2, 0) is 11.3 Å². The van der Waals surface area contributed by atoms with Crippen molar-refractivity contribution < 1.29 is 9.90 Å². The number of carbonyl (C=O) groups is 1. The van der Waals surface area contributed by atoms with Gasteiger partial charge in [0.05, 0.1) is 19.7 Å². The van der Waals surface area contributed by atoms with E-state index in [1.165, 1.54) is 10.4 Å². The number of carbonyl (C=O) groups excluding carboxylic acids is 1. The summed E-state index contributed by atoms with van der Waals surface area (Å²) in [6, 6.07) is 2.04. The van der Waals surface area contributed by atoms with E-state index in [2.05, 4.69) is 11.9 Å². The fourth-order valence-corrected chi connectivity index (χ4v) is 2.43. The van der Waals surface area contributed by atoms with Gasteiger partial charge in [-0.25, -0.2) is 0 Å². The maximum absolute atomic E-state index is 11.7. The molecule has 2 N–H and O–H groups in total. The van der Waals surface area contributed by atoms with Crippen molar-refractivity contribution >= 4 is 17.2 Å². The van der Waals surface area contributed by atoms with E-state index in [1.54, 1.807) is 17.4 Å². The Kier molecular flexibility index (Phi) is 6.64. The zero-order valence-corrected chi connectivity index (χ0v) is 11.5. The fourth-order valence-electron chi connectivity index (χ4n) is 1.58. The van der Waals surface area contributed by atoms with Gasteiger partial charge in [-0.15, -0.1) is 17.9 Å². The van der Waals surface area contributed by atoms with Gasteiger partial charge >= 0.3 is 0 Å². The molecule has 100 valence electrons. The Bertz CT molecular complexity index is 390. The average molecular weight is 268 g/mol. The maximum Gasteiger partial charge on any atom is 0.234 e. The molecule has 0 atom stereocenters. The molecule has 0 spiro atoms. The lowest BCUT2D eigenvalue weighted by molar-refractivity contribution is -0.122. The van der Waals surface area contributed by atoms with E-state index >= 15 is 0 Å². The van der Waals surface area contributed by atoms with Gasteiger partial charge in [-0.3, -0.25) is 9.69 Å². The summed E-state index contributed by atoms with van der Waals surface area (Å²) in [5.41, 5.74) is 1.21. The normalized spacial score (nSPS) is 10.6. The third-order valence-corrected chi connectivity index (χ3v) is 3.61. The van der Waals surface area contributed by atoms with Gasteiger partial charge in [-0.05, 0) is 23.9 Å². The highest BCUT2D eigenvalue weighted by atomic mass is 32.1. The van der Waals surface area contributed by atoms with Crippen molar-refractivity contribution in [2.45, 2.75) is 13.5 Å². The molecule has 0 radical (unpaired) electrons. The molecule has 1 aromatic rings. The molecule has 0 aliphatic carbocycles. The van der Waals surface area contributed by atoms with E-state index in [4.69, 9.17) is 5.11 Å². The quantitative estimate of drug-likeness (QED) is 0.696. The molecule has 0 saturated carbocycles. The lowest BCUT2D eigenvalue weighted by Gasteiger charge is -2.18. The Balaban J connectivity index is 2.36. The van der Waals surface area contributed by atoms with Gasteiger partial charge in [0.1, 0.15) is 0 Å². The van der Waals surface area contributed by atoms with Crippen molar-refractivity contribution in [3.63, 3.8) is 0 Å². The SMILES string of the molecule is C=CCN(CCO)CC(=O)NCc1sccc1C. The van der Waals surface area contributed by atoms with E-state index in [9.17, 15) is 4.79 Å². The first kappa shape index (κ1) is 14.9. The number of nitrogens with zero attached hydrogens (tertiary/aromatic N) is 1. The lowest BCUT2D eigenvalue weighted by atomic mass is 10.3. The minimum absolute atomic E-state index is 0.0295. The monoisotopic (exact) mass is 268 g/mol. The number of hydrogen-bond donors (Lipinski definition) is 2. The molecule has 1 rings (SSSR count). The molecular formula is C13H20N2O2S. The van der Waals surface area contributed by atoms with Gasteiger partial charge in [-0.1, -0.05) is 6.08 Å². The Hall–Kier alpha value is -1.17. The first-order valence-corrected chi connectivity index (χ1v) is 6.79. The predicted molar refractivity (Wildman–Crippen MR) is 74.6 cm³/mol. The van der Waals surface area contributed by atoms with Crippen LogP contribution in [0.5, 0.6) is 0 Å². The number of amides is 1. The van der Waals surface area contributed by atoms with E-state index in [1.807, 2.05) is 23.3 Å². The van der Waals surface area contributed by atoms with Crippen LogP contribution in [0.1, 0.15) is 10.4 Å². The molecule has 0 saturated heterocycles. The van der Waals surface area contributed by atoms with E-state index < -0.39 is 0 Å². The summed E-state index contributed by atoms with van der Waals surface area (Å²) in [5, 5.41) is 13.8. The second-order valence-corrected chi connectivity index (χ2v) is 5.05. The molecule has 0 aliphatic heterocycles. The van der Waals surface area contributed by atoms with Gasteiger partial charge in [0, 0.05) is 18.0 Å². The molecule has 0 aromatic carbocycles. The highest BCUT2D eigenvalue weighted by Crippen LogP contribution is 2.14. The highest BCUT2D eigenvalue weighted by Gasteiger charge is 2.09. The molecule has 1 amide bonds. The number of thiophene rings is 1. The van der Waals surface area contributed by atoms with Crippen molar-refractivity contribution in [1.82, 2.24) is 10.2 Å². The second-order valence-electron chi connectivity index (χ2n) is 4.05. The van der Waals surface area contributed by atoms with Crippen LogP contribution in [0, 0.1) is 6.92 Å². The number of aliphatic hydroxyl groups is 1. The number of nitrogens with one attached hydrogen (secondary N) is 1. The zero-order valence-electron chi connectivity index (χ0n) is 10.7. The van der Waals surface area contributed by atoms with Gasteiger partial charge in [0.25, 0.3) is 0 Å². The predicted octanol–water partition coefficient (Wildman–Crippen LogP) is 1.15. The van der Waals surface area contributed by atoms with Crippen LogP contribution in [0.2, 0.25) is 0 Å². The van der Waals surface area contributed by atoms with Crippen LogP contribution < -0.4 is 5.32 Å². The molecule has 0 unspecified atom stereocenters. The molecule has 1 heterocycles. The van der Waals surface area contributed by atoms with E-state index in [0.717, 1.165) is 0 Å². The molecule has 1 aromatic heterocycles. The fraction of sp³-hybridized carbons (Fsp3) is 0.462. The minimum Gasteiger partial charge on any atom is -0.395 e. The standard InChI is InChI=1S/C13H20N2O2S/c1-3-5-15(6-7-16)10-13(17)14-9-12-11(2)4-8-18-12/h3-4,8,16H,1,5-7,9-10H2,2H3,(H,14,17). The van der Waals surface area contributed by atoms with Gasteiger partial charge in [0.2, 0.25) is 5.91 Å². The largest absolute Gasteiger partial charge is 0.395 e. The first-order chi connectivity index (χ1) is 8.67. The van der Waals surface area contributed by atoms with Gasteiger partial charge < -0.3 is 10.4 Å². The summed E-state index contributed by atoms with van der Waals surface area (Å²) in [6.07, 6.45) is 1.73. The Labute approximate surface area is 112 Å². The van der Waals surface area contributed by atoms with Crippen LogP contribution in [0.25, 0.3) is 0 Å². The zero-order chi connectivity index (χ0) is 13.4. The van der Waals surface area contributed by atoms with Crippen LogP contribution >= 0.6 is 11.3 Å². The summed E-state index contributed by atoms with van der Waals surface area (Å²) in [4.78, 5) is 14.8. The summed E-state index contributed by atoms with van der Waals surface area (Å²) in [5.74, 6) is -0.0295. The molecule has 0 bridgehead atoms. The summed E-state index contributed by atoms with van der Waals surface area (Å²) in [6.45, 7) is 7.67. The maximum atomic E-state index is 11.7. The van der Waals surface area contributed by atoms with Crippen LogP contribution in [0.3, 0.4) is 0 Å². The average Bonchev–Trinajstić information content (AvgIpc) is 2.73. The molecular weight excluding hydrogens is 248 g/mol. The third-order valence-electron chi connectivity index (χ3n) is 2.59. The van der Waals surface area contributed by atoms with Crippen LogP contribution in [-0.4, -0.2) is 42.2 Å². The summed E-state index contributed by atoms with van der Waals surface area (Å²) >= 11 is 1.65. The molecule has 0 aliphatic rings. The Morgan fingerprint density at radius 3 is 3.00 bits per heavy atom. The molecule has 0 fully saturated rings. The van der Waals surface area contributed by atoms with Crippen LogP contribution in [0.4, 0.5) is 0 Å². The summed E-state index contributed by atoms with van der Waals surface area (Å²) < 4.78 is 0. The van der Waals surface area contributed by atoms with Crippen molar-refractivity contribution in [1.29, 1.82) is 0 Å². The molecule has 5 heteroatoms. The van der Waals surface area contributed by atoms with Crippen molar-refractivity contribution in [3.8, 4) is 0 Å². The summed E-state index contributed by atoms with van der Waals surface area (Å²) in [7, 11) is 0. The Morgan fingerprint density at radius 1 is 1.67 bits per heavy atom. The Morgan fingerprint density at radius 2 is 2.44 bits per heavy atom. The third kappa shape index (κ3) is 5.00. The molecule has 18 heavy (non-hydrogen) atoms. The van der Waals surface area contributed by atoms with E-state index in [0.29, 0.717) is 19.6 Å². The highest BCUT2D eigenvalue weighted by molar-refractivity contribution is 7.10. The number of rotatable bonds is 8. The smallest absolute Gasteiger partial charge is 0.234 e. The number of aryl methyl sites for hydroxylation is 1. The topological polar surface area (TPSA) is 52.6 Å². The van der Waals surface area contributed by atoms with Crippen molar-refractivity contribution in [3.05, 3.63) is 34.5 Å². The molecule has 4 nitrogen and oxygen atoms in total.